The van der Waals surface area contributed by atoms with Crippen LogP contribution in [0.25, 0.3) is 0 Å². The number of rotatable bonds is 3. The van der Waals surface area contributed by atoms with Crippen LogP contribution < -0.4 is 14.8 Å². The van der Waals surface area contributed by atoms with Crippen LogP contribution in [0.15, 0.2) is 18.2 Å². The Kier molecular flexibility index (Phi) is 3.36. The number of fused-ring (bicyclic) bond motifs is 1. The fourth-order valence-corrected chi connectivity index (χ4v) is 2.73. The zero-order valence-electron chi connectivity index (χ0n) is 12.0. The summed E-state index contributed by atoms with van der Waals surface area (Å²) in [7, 11) is 3.33. The number of H-pyrrole nitrogens is 1. The summed E-state index contributed by atoms with van der Waals surface area (Å²) >= 11 is 0. The zero-order valence-corrected chi connectivity index (χ0v) is 12.0. The molecule has 0 saturated carbocycles. The van der Waals surface area contributed by atoms with Gasteiger partial charge in [-0.1, -0.05) is 0 Å². The van der Waals surface area contributed by atoms with Crippen molar-refractivity contribution in [3.8, 4) is 11.5 Å². The van der Waals surface area contributed by atoms with Crippen LogP contribution >= 0.6 is 0 Å². The smallest absolute Gasteiger partial charge is 0.161 e. The highest BCUT2D eigenvalue weighted by Crippen LogP contribution is 2.36. The topological polar surface area (TPSA) is 59.2 Å². The quantitative estimate of drug-likeness (QED) is 0.897. The van der Waals surface area contributed by atoms with Crippen LogP contribution in [0.1, 0.15) is 28.6 Å². The Morgan fingerprint density at radius 1 is 1.15 bits per heavy atom. The molecule has 2 heterocycles. The Hall–Kier alpha value is -2.01. The van der Waals surface area contributed by atoms with Gasteiger partial charge in [-0.3, -0.25) is 5.10 Å². The first-order valence-corrected chi connectivity index (χ1v) is 6.73. The number of ether oxygens (including phenoxy) is 2. The van der Waals surface area contributed by atoms with Gasteiger partial charge in [-0.15, -0.1) is 0 Å². The molecule has 0 spiro atoms. The second-order valence-electron chi connectivity index (χ2n) is 5.02. The zero-order chi connectivity index (χ0) is 14.1. The maximum Gasteiger partial charge on any atom is 0.161 e. The lowest BCUT2D eigenvalue weighted by molar-refractivity contribution is 0.352. The van der Waals surface area contributed by atoms with E-state index < -0.39 is 0 Å². The van der Waals surface area contributed by atoms with E-state index in [2.05, 4.69) is 33.7 Å². The average Bonchev–Trinajstić information content (AvgIpc) is 2.91. The predicted octanol–water partition coefficient (Wildman–Crippen LogP) is 1.97. The lowest BCUT2D eigenvalue weighted by Crippen LogP contribution is -2.30. The minimum atomic E-state index is 0.100. The van der Waals surface area contributed by atoms with Gasteiger partial charge in [0.15, 0.2) is 11.5 Å². The first-order valence-electron chi connectivity index (χ1n) is 6.73. The molecule has 1 aliphatic heterocycles. The molecule has 20 heavy (non-hydrogen) atoms. The highest BCUT2D eigenvalue weighted by atomic mass is 16.5. The van der Waals surface area contributed by atoms with Crippen molar-refractivity contribution >= 4 is 0 Å². The van der Waals surface area contributed by atoms with Gasteiger partial charge in [-0.25, -0.2) is 0 Å². The predicted molar refractivity (Wildman–Crippen MR) is 76.4 cm³/mol. The van der Waals surface area contributed by atoms with E-state index in [0.29, 0.717) is 0 Å². The Bertz CT molecular complexity index is 622. The maximum absolute atomic E-state index is 5.41. The molecule has 0 bridgehead atoms. The average molecular weight is 273 g/mol. The second-order valence-corrected chi connectivity index (χ2v) is 5.02. The van der Waals surface area contributed by atoms with Gasteiger partial charge >= 0.3 is 0 Å². The summed E-state index contributed by atoms with van der Waals surface area (Å²) in [4.78, 5) is 0. The standard InChI is InChI=1S/C15H19N3O2/c1-9-6-12(18-17-9)15-11-8-14(20-3)13(19-2)7-10(11)4-5-16-15/h6-8,15-16H,4-5H2,1-3H3,(H,17,18). The number of methoxy groups -OCH3 is 2. The molecule has 0 saturated heterocycles. The van der Waals surface area contributed by atoms with E-state index in [1.807, 2.05) is 6.92 Å². The molecule has 1 aromatic carbocycles. The molecule has 1 atom stereocenters. The fraction of sp³-hybridized carbons (Fsp3) is 0.400. The molecule has 1 aliphatic rings. The summed E-state index contributed by atoms with van der Waals surface area (Å²) in [6.07, 6.45) is 0.982. The first kappa shape index (κ1) is 13.0. The van der Waals surface area contributed by atoms with Gasteiger partial charge in [0.25, 0.3) is 0 Å². The Balaban J connectivity index is 2.07. The monoisotopic (exact) mass is 273 g/mol. The summed E-state index contributed by atoms with van der Waals surface area (Å²) in [5.41, 5.74) is 4.57. The number of nitrogens with zero attached hydrogens (tertiary/aromatic N) is 1. The van der Waals surface area contributed by atoms with Gasteiger partial charge in [-0.2, -0.15) is 5.10 Å². The number of aromatic amines is 1. The molecule has 1 unspecified atom stereocenters. The third kappa shape index (κ3) is 2.14. The van der Waals surface area contributed by atoms with Crippen LogP contribution in [0.5, 0.6) is 11.5 Å². The van der Waals surface area contributed by atoms with E-state index >= 15 is 0 Å². The van der Waals surface area contributed by atoms with E-state index in [4.69, 9.17) is 9.47 Å². The summed E-state index contributed by atoms with van der Waals surface area (Å²) in [5.74, 6) is 1.54. The van der Waals surface area contributed by atoms with Crippen LogP contribution in [0.3, 0.4) is 0 Å². The van der Waals surface area contributed by atoms with E-state index in [0.717, 1.165) is 35.9 Å². The molecule has 5 heteroatoms. The molecule has 0 aliphatic carbocycles. The number of aryl methyl sites for hydroxylation is 1. The number of aromatic nitrogens is 2. The number of hydrogen-bond acceptors (Lipinski definition) is 4. The Labute approximate surface area is 118 Å². The lowest BCUT2D eigenvalue weighted by atomic mass is 9.92. The lowest BCUT2D eigenvalue weighted by Gasteiger charge is -2.27. The highest BCUT2D eigenvalue weighted by molar-refractivity contribution is 5.51. The number of hydrogen-bond donors (Lipinski definition) is 2. The van der Waals surface area contributed by atoms with Crippen molar-refractivity contribution in [2.45, 2.75) is 19.4 Å². The fourth-order valence-electron chi connectivity index (χ4n) is 2.73. The van der Waals surface area contributed by atoms with Crippen LogP contribution in [0, 0.1) is 6.92 Å². The van der Waals surface area contributed by atoms with Crippen molar-refractivity contribution in [2.24, 2.45) is 0 Å². The highest BCUT2D eigenvalue weighted by Gasteiger charge is 2.25. The maximum atomic E-state index is 5.41. The van der Waals surface area contributed by atoms with Crippen molar-refractivity contribution in [1.82, 2.24) is 15.5 Å². The second kappa shape index (κ2) is 5.17. The molecular weight excluding hydrogens is 254 g/mol. The summed E-state index contributed by atoms with van der Waals surface area (Å²) in [5, 5.41) is 10.9. The largest absolute Gasteiger partial charge is 0.493 e. The molecular formula is C15H19N3O2. The molecule has 2 aromatic rings. The molecule has 0 amide bonds. The SMILES string of the molecule is COc1cc2c(cc1OC)C(c1cc(C)[nH]n1)NCC2. The van der Waals surface area contributed by atoms with E-state index in [9.17, 15) is 0 Å². The number of benzene rings is 1. The molecule has 3 rings (SSSR count). The van der Waals surface area contributed by atoms with Crippen LogP contribution in [0.4, 0.5) is 0 Å². The van der Waals surface area contributed by atoms with Gasteiger partial charge in [0.1, 0.15) is 0 Å². The molecule has 5 nitrogen and oxygen atoms in total. The van der Waals surface area contributed by atoms with Gasteiger partial charge in [-0.05, 0) is 42.7 Å². The van der Waals surface area contributed by atoms with Crippen molar-refractivity contribution in [3.63, 3.8) is 0 Å². The molecule has 1 aromatic heterocycles. The summed E-state index contributed by atoms with van der Waals surface area (Å²) in [6.45, 7) is 2.94. The van der Waals surface area contributed by atoms with Crippen LogP contribution in [-0.2, 0) is 6.42 Å². The van der Waals surface area contributed by atoms with Crippen LogP contribution in [-0.4, -0.2) is 31.0 Å². The van der Waals surface area contributed by atoms with Crippen molar-refractivity contribution in [3.05, 3.63) is 40.7 Å². The third-order valence-electron chi connectivity index (χ3n) is 3.72. The Morgan fingerprint density at radius 3 is 2.55 bits per heavy atom. The van der Waals surface area contributed by atoms with E-state index in [1.54, 1.807) is 14.2 Å². The first-order chi connectivity index (χ1) is 9.72. The Morgan fingerprint density at radius 2 is 1.90 bits per heavy atom. The summed E-state index contributed by atoms with van der Waals surface area (Å²) < 4.78 is 10.8. The van der Waals surface area contributed by atoms with Gasteiger partial charge in [0.2, 0.25) is 0 Å². The van der Waals surface area contributed by atoms with Crippen LogP contribution in [0.2, 0.25) is 0 Å². The number of nitrogens with one attached hydrogen (secondary N) is 2. The van der Waals surface area contributed by atoms with E-state index in [-0.39, 0.29) is 6.04 Å². The molecule has 0 fully saturated rings. The normalized spacial score (nSPS) is 17.6. The van der Waals surface area contributed by atoms with Gasteiger partial charge < -0.3 is 14.8 Å². The van der Waals surface area contributed by atoms with Gasteiger partial charge in [0, 0.05) is 12.2 Å². The molecule has 2 N–H and O–H groups in total. The summed E-state index contributed by atoms with van der Waals surface area (Å²) in [6, 6.07) is 6.29. The van der Waals surface area contributed by atoms with Crippen molar-refractivity contribution < 1.29 is 9.47 Å². The minimum Gasteiger partial charge on any atom is -0.493 e. The van der Waals surface area contributed by atoms with Crippen molar-refractivity contribution in [1.29, 1.82) is 0 Å². The molecule has 0 radical (unpaired) electrons. The third-order valence-corrected chi connectivity index (χ3v) is 3.72. The minimum absolute atomic E-state index is 0.100. The van der Waals surface area contributed by atoms with E-state index in [1.165, 1.54) is 11.1 Å². The van der Waals surface area contributed by atoms with Crippen molar-refractivity contribution in [2.75, 3.05) is 20.8 Å². The molecule has 106 valence electrons. The van der Waals surface area contributed by atoms with Gasteiger partial charge in [0.05, 0.1) is 26.0 Å².